The number of phosphoric acid groups is 1. The molecule has 0 unspecified atom stereocenters. The normalized spacial score (nSPS) is 11.8. The standard InChI is InChI=1S/C44H59N4O6P/c1-3-5-15-37-17-21-39(22-18-37)45-47-41-25-29-43(30-26-41)51-33-11-7-9-13-35-53-55(49,50)54-36-14-10-8-12-34-52-44-31-27-42(28-32-44)48-46-40-23-19-38(20-24-40)16-6-4-2/h17-32H,3-16,33-36H2,1-2H3,(H,49,50)/b47-45+,48-46+. The van der Waals surface area contributed by atoms with Crippen LogP contribution in [0.4, 0.5) is 22.7 Å². The van der Waals surface area contributed by atoms with Gasteiger partial charge in [-0.3, -0.25) is 9.05 Å². The van der Waals surface area contributed by atoms with Gasteiger partial charge in [-0.05, 0) is 148 Å². The van der Waals surface area contributed by atoms with Gasteiger partial charge >= 0.3 is 7.82 Å². The molecule has 11 heteroatoms. The Morgan fingerprint density at radius 1 is 0.436 bits per heavy atom. The topological polar surface area (TPSA) is 124 Å². The van der Waals surface area contributed by atoms with Gasteiger partial charge in [0.05, 0.1) is 49.2 Å². The molecule has 0 aliphatic carbocycles. The molecular formula is C44H59N4O6P. The van der Waals surface area contributed by atoms with Crippen molar-refractivity contribution in [2.45, 2.75) is 104 Å². The van der Waals surface area contributed by atoms with Gasteiger partial charge in [-0.15, -0.1) is 0 Å². The average molecular weight is 771 g/mol. The summed E-state index contributed by atoms with van der Waals surface area (Å²) in [6, 6.07) is 31.6. The molecule has 0 aliphatic rings. The van der Waals surface area contributed by atoms with Crippen LogP contribution in [0.25, 0.3) is 0 Å². The maximum Gasteiger partial charge on any atom is 0.472 e. The van der Waals surface area contributed by atoms with E-state index < -0.39 is 7.82 Å². The van der Waals surface area contributed by atoms with Gasteiger partial charge in [-0.2, -0.15) is 20.5 Å². The number of nitrogens with zero attached hydrogens (tertiary/aromatic N) is 4. The van der Waals surface area contributed by atoms with Crippen LogP contribution in [0.3, 0.4) is 0 Å². The number of hydrogen-bond donors (Lipinski definition) is 1. The third-order valence-electron chi connectivity index (χ3n) is 8.87. The van der Waals surface area contributed by atoms with E-state index in [0.29, 0.717) is 26.1 Å². The quantitative estimate of drug-likeness (QED) is 0.0348. The lowest BCUT2D eigenvalue weighted by molar-refractivity contribution is 0.144. The Bertz CT molecular complexity index is 1590. The number of azo groups is 2. The summed E-state index contributed by atoms with van der Waals surface area (Å²) in [5, 5.41) is 17.3. The van der Waals surface area contributed by atoms with Crippen molar-refractivity contribution >= 4 is 30.6 Å². The lowest BCUT2D eigenvalue weighted by atomic mass is 10.1. The Balaban J connectivity index is 0.950. The molecule has 0 saturated carbocycles. The predicted molar refractivity (Wildman–Crippen MR) is 221 cm³/mol. The van der Waals surface area contributed by atoms with Gasteiger partial charge in [0.15, 0.2) is 0 Å². The van der Waals surface area contributed by atoms with Crippen molar-refractivity contribution in [2.24, 2.45) is 20.5 Å². The molecule has 1 N–H and O–H groups in total. The third-order valence-corrected chi connectivity index (χ3v) is 9.89. The van der Waals surface area contributed by atoms with E-state index in [0.717, 1.165) is 85.6 Å². The Morgan fingerprint density at radius 3 is 1.07 bits per heavy atom. The van der Waals surface area contributed by atoms with Crippen LogP contribution in [0.15, 0.2) is 118 Å². The molecule has 0 atom stereocenters. The zero-order valence-corrected chi connectivity index (χ0v) is 33.6. The highest BCUT2D eigenvalue weighted by Crippen LogP contribution is 2.43. The fourth-order valence-corrected chi connectivity index (χ4v) is 6.36. The fourth-order valence-electron chi connectivity index (χ4n) is 5.56. The van der Waals surface area contributed by atoms with E-state index in [-0.39, 0.29) is 13.2 Å². The van der Waals surface area contributed by atoms with Crippen LogP contribution in [0.1, 0.15) is 102 Å². The van der Waals surface area contributed by atoms with E-state index in [9.17, 15) is 9.46 Å². The van der Waals surface area contributed by atoms with Crippen LogP contribution >= 0.6 is 7.82 Å². The van der Waals surface area contributed by atoms with Crippen LogP contribution < -0.4 is 9.47 Å². The predicted octanol–water partition coefficient (Wildman–Crippen LogP) is 13.9. The van der Waals surface area contributed by atoms with Gasteiger partial charge in [0.2, 0.25) is 0 Å². The molecule has 4 rings (SSSR count). The number of aryl methyl sites for hydroxylation is 2. The Hall–Kier alpha value is -4.21. The van der Waals surface area contributed by atoms with E-state index >= 15 is 0 Å². The number of unbranched alkanes of at least 4 members (excludes halogenated alkanes) is 8. The molecule has 0 aliphatic heterocycles. The van der Waals surface area contributed by atoms with Crippen LogP contribution in [-0.2, 0) is 26.5 Å². The van der Waals surface area contributed by atoms with E-state index in [1.165, 1.54) is 36.8 Å². The van der Waals surface area contributed by atoms with Crippen molar-refractivity contribution in [2.75, 3.05) is 26.4 Å². The molecule has 0 bridgehead atoms. The van der Waals surface area contributed by atoms with Crippen molar-refractivity contribution in [1.82, 2.24) is 0 Å². The third kappa shape index (κ3) is 18.8. The summed E-state index contributed by atoms with van der Waals surface area (Å²) in [7, 11) is -4.04. The minimum absolute atomic E-state index is 0.182. The molecule has 0 saturated heterocycles. The second-order valence-corrected chi connectivity index (χ2v) is 15.0. The van der Waals surface area contributed by atoms with E-state index in [1.807, 2.05) is 72.8 Å². The summed E-state index contributed by atoms with van der Waals surface area (Å²) >= 11 is 0. The summed E-state index contributed by atoms with van der Waals surface area (Å²) in [5.74, 6) is 1.57. The fraction of sp³-hybridized carbons (Fsp3) is 0.455. The first kappa shape index (κ1) is 43.5. The molecule has 0 radical (unpaired) electrons. The maximum atomic E-state index is 12.2. The molecule has 0 aromatic heterocycles. The summed E-state index contributed by atoms with van der Waals surface area (Å²) in [6.07, 6.45) is 13.7. The zero-order valence-electron chi connectivity index (χ0n) is 32.7. The molecule has 0 heterocycles. The van der Waals surface area contributed by atoms with Gasteiger partial charge < -0.3 is 14.4 Å². The Labute approximate surface area is 328 Å². The zero-order chi connectivity index (χ0) is 38.8. The Kier molecular flexibility index (Phi) is 20.4. The molecule has 4 aromatic rings. The van der Waals surface area contributed by atoms with Gasteiger partial charge in [0.1, 0.15) is 11.5 Å². The maximum absolute atomic E-state index is 12.2. The molecule has 0 amide bonds. The first-order valence-electron chi connectivity index (χ1n) is 20.0. The lowest BCUT2D eigenvalue weighted by Crippen LogP contribution is -2.01. The average Bonchev–Trinajstić information content (AvgIpc) is 3.21. The molecule has 55 heavy (non-hydrogen) atoms. The van der Waals surface area contributed by atoms with Crippen molar-refractivity contribution in [1.29, 1.82) is 0 Å². The van der Waals surface area contributed by atoms with Crippen LogP contribution in [0.5, 0.6) is 11.5 Å². The van der Waals surface area contributed by atoms with Crippen LogP contribution in [0, 0.1) is 0 Å². The summed E-state index contributed by atoms with van der Waals surface area (Å²) in [4.78, 5) is 9.99. The largest absolute Gasteiger partial charge is 0.494 e. The van der Waals surface area contributed by atoms with Gasteiger partial charge in [0.25, 0.3) is 0 Å². The molecule has 4 aromatic carbocycles. The van der Waals surface area contributed by atoms with E-state index in [2.05, 4.69) is 58.6 Å². The lowest BCUT2D eigenvalue weighted by Gasteiger charge is -2.12. The van der Waals surface area contributed by atoms with Crippen molar-refractivity contribution < 1.29 is 28.0 Å². The first-order valence-corrected chi connectivity index (χ1v) is 21.5. The van der Waals surface area contributed by atoms with E-state index in [4.69, 9.17) is 18.5 Å². The van der Waals surface area contributed by atoms with Crippen molar-refractivity contribution in [3.8, 4) is 11.5 Å². The number of phosphoric ester groups is 1. The summed E-state index contributed by atoms with van der Waals surface area (Å²) < 4.78 is 34.2. The van der Waals surface area contributed by atoms with Gasteiger partial charge in [0, 0.05) is 0 Å². The molecule has 296 valence electrons. The summed E-state index contributed by atoms with van der Waals surface area (Å²) in [6.45, 7) is 5.95. The minimum atomic E-state index is -4.04. The number of benzene rings is 4. The molecule has 0 fully saturated rings. The van der Waals surface area contributed by atoms with Crippen LogP contribution in [0.2, 0.25) is 0 Å². The Morgan fingerprint density at radius 2 is 0.745 bits per heavy atom. The monoisotopic (exact) mass is 770 g/mol. The van der Waals surface area contributed by atoms with E-state index in [1.54, 1.807) is 0 Å². The van der Waals surface area contributed by atoms with Crippen molar-refractivity contribution in [3.63, 3.8) is 0 Å². The van der Waals surface area contributed by atoms with Crippen molar-refractivity contribution in [3.05, 3.63) is 108 Å². The highest BCUT2D eigenvalue weighted by atomic mass is 31.2. The second kappa shape index (κ2) is 25.8. The smallest absolute Gasteiger partial charge is 0.472 e. The molecule has 10 nitrogen and oxygen atoms in total. The second-order valence-electron chi connectivity index (χ2n) is 13.6. The highest BCUT2D eigenvalue weighted by molar-refractivity contribution is 7.47. The minimum Gasteiger partial charge on any atom is -0.494 e. The summed E-state index contributed by atoms with van der Waals surface area (Å²) in [5.41, 5.74) is 5.87. The molecular weight excluding hydrogens is 711 g/mol. The van der Waals surface area contributed by atoms with Crippen LogP contribution in [-0.4, -0.2) is 31.3 Å². The number of rotatable bonds is 28. The first-order chi connectivity index (χ1) is 26.9. The SMILES string of the molecule is CCCCc1ccc(/N=N/c2ccc(OCCCCCCOP(=O)(O)OCCCCCCOc3ccc(/N=N/c4ccc(CCCC)cc4)cc3)cc2)cc1. The number of hydrogen-bond acceptors (Lipinski definition) is 9. The molecule has 0 spiro atoms. The number of ether oxygens (including phenoxy) is 2. The van der Waals surface area contributed by atoms with Gasteiger partial charge in [-0.1, -0.05) is 63.8 Å². The van der Waals surface area contributed by atoms with Gasteiger partial charge in [-0.25, -0.2) is 4.57 Å². The highest BCUT2D eigenvalue weighted by Gasteiger charge is 2.20.